The van der Waals surface area contributed by atoms with E-state index in [1.54, 1.807) is 26.0 Å². The summed E-state index contributed by atoms with van der Waals surface area (Å²) in [5.41, 5.74) is 5.85. The summed E-state index contributed by atoms with van der Waals surface area (Å²) in [6, 6.07) is 3.22. The van der Waals surface area contributed by atoms with E-state index in [2.05, 4.69) is 20.3 Å². The molecule has 1 atom stereocenters. The molecule has 0 spiro atoms. The molecule has 25 heavy (non-hydrogen) atoms. The number of esters is 1. The molecule has 0 radical (unpaired) electrons. The van der Waals surface area contributed by atoms with E-state index >= 15 is 0 Å². The second-order valence-electron chi connectivity index (χ2n) is 4.78. The Hall–Kier alpha value is -2.39. The van der Waals surface area contributed by atoms with Crippen LogP contribution in [0, 0.1) is 0 Å². The van der Waals surface area contributed by atoms with E-state index in [0.29, 0.717) is 10.8 Å². The molecule has 0 aliphatic heterocycles. The van der Waals surface area contributed by atoms with Crippen LogP contribution in [0.3, 0.4) is 0 Å². The van der Waals surface area contributed by atoms with Crippen LogP contribution in [0.1, 0.15) is 24.2 Å². The molecule has 0 unspecified atom stereocenters. The van der Waals surface area contributed by atoms with Gasteiger partial charge >= 0.3 is 5.97 Å². The first kappa shape index (κ1) is 18.9. The number of amides is 1. The molecule has 0 saturated carbocycles. The highest BCUT2D eigenvalue weighted by atomic mass is 35.5. The molecular formula is C15H16ClN5O3S. The van der Waals surface area contributed by atoms with Gasteiger partial charge in [-0.3, -0.25) is 4.79 Å². The van der Waals surface area contributed by atoms with Crippen LogP contribution in [0.2, 0.25) is 5.02 Å². The van der Waals surface area contributed by atoms with Crippen molar-refractivity contribution >= 4 is 46.9 Å². The molecule has 0 fully saturated rings. The highest BCUT2D eigenvalue weighted by molar-refractivity contribution is 8.00. The van der Waals surface area contributed by atoms with Crippen LogP contribution < -0.4 is 11.1 Å². The normalized spacial score (nSPS) is 11.6. The molecule has 3 N–H and O–H groups in total. The second-order valence-corrected chi connectivity index (χ2v) is 6.53. The number of halogens is 1. The summed E-state index contributed by atoms with van der Waals surface area (Å²) in [7, 11) is 0. The average Bonchev–Trinajstić information content (AvgIpc) is 2.57. The monoisotopic (exact) mass is 381 g/mol. The first-order chi connectivity index (χ1) is 11.9. The summed E-state index contributed by atoms with van der Waals surface area (Å²) < 4.78 is 4.86. The summed E-state index contributed by atoms with van der Waals surface area (Å²) >= 11 is 6.85. The van der Waals surface area contributed by atoms with E-state index in [0.717, 1.165) is 11.8 Å². The Bertz CT molecular complexity index is 772. The molecule has 0 bridgehead atoms. The number of nitrogens with zero attached hydrogens (tertiary/aromatic N) is 3. The lowest BCUT2D eigenvalue weighted by Crippen LogP contribution is -2.23. The Kier molecular flexibility index (Phi) is 6.54. The van der Waals surface area contributed by atoms with Crippen molar-refractivity contribution in [3.63, 3.8) is 0 Å². The number of carbonyl (C=O) groups is 2. The zero-order chi connectivity index (χ0) is 18.4. The van der Waals surface area contributed by atoms with E-state index in [4.69, 9.17) is 22.1 Å². The van der Waals surface area contributed by atoms with Gasteiger partial charge in [0.05, 0.1) is 16.9 Å². The second kappa shape index (κ2) is 8.63. The van der Waals surface area contributed by atoms with Crippen molar-refractivity contribution in [3.05, 3.63) is 35.1 Å². The minimum atomic E-state index is -0.587. The first-order valence-corrected chi connectivity index (χ1v) is 8.55. The lowest BCUT2D eigenvalue weighted by molar-refractivity contribution is -0.115. The maximum atomic E-state index is 12.2. The minimum absolute atomic E-state index is 0.00271. The zero-order valence-corrected chi connectivity index (χ0v) is 15.1. The highest BCUT2D eigenvalue weighted by Gasteiger charge is 2.19. The van der Waals surface area contributed by atoms with E-state index in [9.17, 15) is 9.59 Å². The van der Waals surface area contributed by atoms with E-state index in [1.807, 2.05) is 0 Å². The fourth-order valence-corrected chi connectivity index (χ4v) is 2.55. The number of nitrogen functional groups attached to an aromatic ring is 1. The molecule has 132 valence electrons. The van der Waals surface area contributed by atoms with Gasteiger partial charge in [-0.15, -0.1) is 0 Å². The standard InChI is InChI=1S/C15H16ClN5O3S/c1-3-24-14(23)10-7-19-15(21-12(10)17)25-8(2)13(22)20-11-5-4-9(16)6-18-11/h4-8H,3H2,1-2H3,(H2,17,19,21)(H,18,20,22)/t8-/m1/s1. The number of anilines is 2. The Labute approximate surface area is 153 Å². The van der Waals surface area contributed by atoms with Gasteiger partial charge in [-0.2, -0.15) is 0 Å². The molecule has 2 aromatic heterocycles. The van der Waals surface area contributed by atoms with Crippen molar-refractivity contribution in [2.75, 3.05) is 17.7 Å². The molecule has 2 aromatic rings. The molecule has 0 saturated heterocycles. The van der Waals surface area contributed by atoms with Gasteiger partial charge in [0.25, 0.3) is 0 Å². The van der Waals surface area contributed by atoms with Crippen molar-refractivity contribution in [3.8, 4) is 0 Å². The third-order valence-electron chi connectivity index (χ3n) is 2.92. The van der Waals surface area contributed by atoms with E-state index < -0.39 is 11.2 Å². The molecule has 10 heteroatoms. The predicted molar refractivity (Wildman–Crippen MR) is 95.6 cm³/mol. The third kappa shape index (κ3) is 5.30. The maximum absolute atomic E-state index is 12.2. The minimum Gasteiger partial charge on any atom is -0.462 e. The first-order valence-electron chi connectivity index (χ1n) is 7.29. The number of thioether (sulfide) groups is 1. The Morgan fingerprint density at radius 2 is 2.12 bits per heavy atom. The number of hydrogen-bond acceptors (Lipinski definition) is 8. The number of rotatable bonds is 6. The Morgan fingerprint density at radius 1 is 1.36 bits per heavy atom. The highest BCUT2D eigenvalue weighted by Crippen LogP contribution is 2.22. The molecule has 2 rings (SSSR count). The largest absolute Gasteiger partial charge is 0.462 e. The van der Waals surface area contributed by atoms with Crippen molar-refractivity contribution < 1.29 is 14.3 Å². The molecule has 2 heterocycles. The van der Waals surface area contributed by atoms with Crippen molar-refractivity contribution in [2.45, 2.75) is 24.3 Å². The van der Waals surface area contributed by atoms with Crippen molar-refractivity contribution in [2.24, 2.45) is 0 Å². The van der Waals surface area contributed by atoms with Crippen LogP contribution in [-0.2, 0) is 9.53 Å². The van der Waals surface area contributed by atoms with Crippen LogP contribution >= 0.6 is 23.4 Å². The number of ether oxygens (including phenoxy) is 1. The summed E-state index contributed by atoms with van der Waals surface area (Å²) in [5.74, 6) is -0.476. The summed E-state index contributed by atoms with van der Waals surface area (Å²) in [4.78, 5) is 35.9. The lowest BCUT2D eigenvalue weighted by atomic mass is 10.3. The zero-order valence-electron chi connectivity index (χ0n) is 13.5. The van der Waals surface area contributed by atoms with Gasteiger partial charge in [-0.05, 0) is 26.0 Å². The quantitative estimate of drug-likeness (QED) is 0.444. The van der Waals surface area contributed by atoms with Gasteiger partial charge in [-0.1, -0.05) is 23.4 Å². The van der Waals surface area contributed by atoms with E-state index in [1.165, 1.54) is 12.4 Å². The van der Waals surface area contributed by atoms with Crippen LogP contribution in [0.4, 0.5) is 11.6 Å². The number of nitrogens with one attached hydrogen (secondary N) is 1. The SMILES string of the molecule is CCOC(=O)c1cnc(S[C@H](C)C(=O)Nc2ccc(Cl)cn2)nc1N. The Morgan fingerprint density at radius 3 is 2.72 bits per heavy atom. The van der Waals surface area contributed by atoms with Gasteiger partial charge in [0.2, 0.25) is 5.91 Å². The van der Waals surface area contributed by atoms with Gasteiger partial charge < -0.3 is 15.8 Å². The fourth-order valence-electron chi connectivity index (χ4n) is 1.69. The summed E-state index contributed by atoms with van der Waals surface area (Å²) in [6.07, 6.45) is 2.72. The number of pyridine rings is 1. The molecule has 1 amide bonds. The van der Waals surface area contributed by atoms with Gasteiger partial charge in [0.15, 0.2) is 5.16 Å². The molecule has 8 nitrogen and oxygen atoms in total. The van der Waals surface area contributed by atoms with E-state index in [-0.39, 0.29) is 29.1 Å². The summed E-state index contributed by atoms with van der Waals surface area (Å²) in [6.45, 7) is 3.61. The molecule has 0 aliphatic carbocycles. The van der Waals surface area contributed by atoms with Crippen LogP contribution in [0.15, 0.2) is 29.7 Å². The van der Waals surface area contributed by atoms with Gasteiger partial charge in [0, 0.05) is 12.4 Å². The van der Waals surface area contributed by atoms with Gasteiger partial charge in [-0.25, -0.2) is 19.7 Å². The molecular weight excluding hydrogens is 366 g/mol. The van der Waals surface area contributed by atoms with Crippen LogP contribution in [0.25, 0.3) is 0 Å². The smallest absolute Gasteiger partial charge is 0.343 e. The van der Waals surface area contributed by atoms with Crippen molar-refractivity contribution in [1.82, 2.24) is 15.0 Å². The molecule has 0 aliphatic rings. The number of aromatic nitrogens is 3. The van der Waals surface area contributed by atoms with Gasteiger partial charge in [0.1, 0.15) is 17.2 Å². The fraction of sp³-hybridized carbons (Fsp3) is 0.267. The Balaban J connectivity index is 2.00. The average molecular weight is 382 g/mol. The third-order valence-corrected chi connectivity index (χ3v) is 4.12. The van der Waals surface area contributed by atoms with Crippen LogP contribution in [0.5, 0.6) is 0 Å². The van der Waals surface area contributed by atoms with Crippen LogP contribution in [-0.4, -0.2) is 38.7 Å². The summed E-state index contributed by atoms with van der Waals surface area (Å²) in [5, 5.41) is 2.90. The number of nitrogens with two attached hydrogens (primary N) is 1. The number of hydrogen-bond donors (Lipinski definition) is 2. The number of carbonyl (C=O) groups excluding carboxylic acids is 2. The predicted octanol–water partition coefficient (Wildman–Crippen LogP) is 2.40. The van der Waals surface area contributed by atoms with Crippen molar-refractivity contribution in [1.29, 1.82) is 0 Å². The maximum Gasteiger partial charge on any atom is 0.343 e. The lowest BCUT2D eigenvalue weighted by Gasteiger charge is -2.11. The molecule has 0 aromatic carbocycles. The topological polar surface area (TPSA) is 120 Å².